The van der Waals surface area contributed by atoms with E-state index < -0.39 is 26.6 Å². The topological polar surface area (TPSA) is 80.5 Å². The van der Waals surface area contributed by atoms with Crippen LogP contribution in [0.4, 0.5) is 4.39 Å². The van der Waals surface area contributed by atoms with Gasteiger partial charge in [0.25, 0.3) is 5.91 Å². The summed E-state index contributed by atoms with van der Waals surface area (Å²) in [6.07, 6.45) is 2.69. The van der Waals surface area contributed by atoms with Crippen LogP contribution in [0.1, 0.15) is 36.5 Å². The number of nitrogens with zero attached hydrogens (tertiary/aromatic N) is 1. The summed E-state index contributed by atoms with van der Waals surface area (Å²) in [7, 11) is -4.12. The van der Waals surface area contributed by atoms with Gasteiger partial charge in [0, 0.05) is 12.6 Å². The zero-order chi connectivity index (χ0) is 15.8. The van der Waals surface area contributed by atoms with Gasteiger partial charge in [-0.2, -0.15) is 0 Å². The van der Waals surface area contributed by atoms with Crippen LogP contribution in [0, 0.1) is 5.82 Å². The SMILES string of the molecule is CC1CCCCN1C(=O)c1cc(S(N)(=O)=O)c(Cl)cc1F. The number of carbonyl (C=O) groups is 1. The van der Waals surface area contributed by atoms with Crippen molar-refractivity contribution in [3.05, 3.63) is 28.5 Å². The van der Waals surface area contributed by atoms with Crippen LogP contribution in [0.2, 0.25) is 5.02 Å². The molecule has 1 amide bonds. The first-order valence-corrected chi connectivity index (χ1v) is 8.47. The molecule has 0 radical (unpaired) electrons. The van der Waals surface area contributed by atoms with Gasteiger partial charge in [-0.15, -0.1) is 0 Å². The molecule has 0 bridgehead atoms. The van der Waals surface area contributed by atoms with Crippen LogP contribution >= 0.6 is 11.6 Å². The van der Waals surface area contributed by atoms with Crippen LogP contribution in [0.5, 0.6) is 0 Å². The standard InChI is InChI=1S/C13H16ClFN2O3S/c1-8-4-2-3-5-17(8)13(18)9-6-12(21(16,19)20)10(14)7-11(9)15/h6-8H,2-5H2,1H3,(H2,16,19,20). The van der Waals surface area contributed by atoms with E-state index in [1.165, 1.54) is 0 Å². The zero-order valence-corrected chi connectivity index (χ0v) is 13.0. The van der Waals surface area contributed by atoms with E-state index >= 15 is 0 Å². The Kier molecular flexibility index (Phi) is 4.55. The van der Waals surface area contributed by atoms with E-state index in [1.54, 1.807) is 4.90 Å². The molecular formula is C13H16ClFN2O3S. The molecule has 1 atom stereocenters. The number of nitrogens with two attached hydrogens (primary N) is 1. The molecule has 5 nitrogen and oxygen atoms in total. The molecule has 1 aromatic carbocycles. The van der Waals surface area contributed by atoms with Gasteiger partial charge >= 0.3 is 0 Å². The molecule has 1 fully saturated rings. The van der Waals surface area contributed by atoms with Gasteiger partial charge in [-0.1, -0.05) is 11.6 Å². The Morgan fingerprint density at radius 3 is 2.67 bits per heavy atom. The van der Waals surface area contributed by atoms with Gasteiger partial charge in [0.15, 0.2) is 0 Å². The Bertz CT molecular complexity index is 678. The molecule has 1 aliphatic heterocycles. The van der Waals surface area contributed by atoms with Gasteiger partial charge in [0.05, 0.1) is 10.6 Å². The number of benzene rings is 1. The fraction of sp³-hybridized carbons (Fsp3) is 0.462. The van der Waals surface area contributed by atoms with Crippen molar-refractivity contribution < 1.29 is 17.6 Å². The summed E-state index contributed by atoms with van der Waals surface area (Å²) in [5.41, 5.74) is -0.322. The van der Waals surface area contributed by atoms with Crippen LogP contribution < -0.4 is 5.14 Å². The molecule has 2 N–H and O–H groups in total. The highest BCUT2D eigenvalue weighted by Gasteiger charge is 2.28. The lowest BCUT2D eigenvalue weighted by Gasteiger charge is -2.33. The fourth-order valence-corrected chi connectivity index (χ4v) is 3.55. The molecule has 1 saturated heterocycles. The summed E-state index contributed by atoms with van der Waals surface area (Å²) >= 11 is 5.68. The van der Waals surface area contributed by atoms with Crippen LogP contribution in [0.15, 0.2) is 17.0 Å². The smallest absolute Gasteiger partial charge is 0.257 e. The molecular weight excluding hydrogens is 319 g/mol. The molecule has 1 aliphatic rings. The molecule has 0 aromatic heterocycles. The summed E-state index contributed by atoms with van der Waals surface area (Å²) in [5, 5.41) is 4.69. The van der Waals surface area contributed by atoms with Crippen molar-refractivity contribution >= 4 is 27.5 Å². The maximum Gasteiger partial charge on any atom is 0.257 e. The molecule has 21 heavy (non-hydrogen) atoms. The number of hydrogen-bond donors (Lipinski definition) is 1. The minimum Gasteiger partial charge on any atom is -0.336 e. The van der Waals surface area contributed by atoms with Gasteiger partial charge in [0.2, 0.25) is 10.0 Å². The fourth-order valence-electron chi connectivity index (χ4n) is 2.47. The van der Waals surface area contributed by atoms with Crippen LogP contribution in [0.3, 0.4) is 0 Å². The van der Waals surface area contributed by atoms with Crippen molar-refractivity contribution in [2.45, 2.75) is 37.1 Å². The Morgan fingerprint density at radius 2 is 2.10 bits per heavy atom. The van der Waals surface area contributed by atoms with E-state index in [2.05, 4.69) is 0 Å². The number of hydrogen-bond acceptors (Lipinski definition) is 3. The summed E-state index contributed by atoms with van der Waals surface area (Å²) in [6.45, 7) is 2.40. The predicted molar refractivity (Wildman–Crippen MR) is 77.1 cm³/mol. The summed E-state index contributed by atoms with van der Waals surface area (Å²) < 4.78 is 36.8. The zero-order valence-electron chi connectivity index (χ0n) is 11.5. The minimum absolute atomic E-state index is 0.0146. The quantitative estimate of drug-likeness (QED) is 0.899. The molecule has 2 rings (SSSR count). The first kappa shape index (κ1) is 16.2. The predicted octanol–water partition coefficient (Wildman–Crippen LogP) is 2.14. The van der Waals surface area contributed by atoms with E-state index in [0.29, 0.717) is 6.54 Å². The van der Waals surface area contributed by atoms with Gasteiger partial charge in [0.1, 0.15) is 10.7 Å². The van der Waals surface area contributed by atoms with Crippen LogP contribution in [-0.4, -0.2) is 31.8 Å². The van der Waals surface area contributed by atoms with E-state index in [9.17, 15) is 17.6 Å². The second-order valence-corrected chi connectivity index (χ2v) is 7.09. The van der Waals surface area contributed by atoms with Gasteiger partial charge < -0.3 is 4.90 Å². The lowest BCUT2D eigenvalue weighted by Crippen LogP contribution is -2.42. The van der Waals surface area contributed by atoms with Crippen molar-refractivity contribution in [3.8, 4) is 0 Å². The molecule has 0 spiro atoms. The number of carbonyl (C=O) groups excluding carboxylic acids is 1. The third-order valence-corrected chi connectivity index (χ3v) is 5.00. The van der Waals surface area contributed by atoms with Gasteiger partial charge in [-0.05, 0) is 38.3 Å². The second kappa shape index (κ2) is 5.90. The number of halogens is 2. The number of rotatable bonds is 2. The highest BCUT2D eigenvalue weighted by molar-refractivity contribution is 7.89. The highest BCUT2D eigenvalue weighted by atomic mass is 35.5. The normalized spacial score (nSPS) is 19.6. The molecule has 8 heteroatoms. The minimum atomic E-state index is -4.12. The van der Waals surface area contributed by atoms with Crippen LogP contribution in [0.25, 0.3) is 0 Å². The van der Waals surface area contributed by atoms with Crippen molar-refractivity contribution in [2.75, 3.05) is 6.54 Å². The third-order valence-electron chi connectivity index (χ3n) is 3.62. The Morgan fingerprint density at radius 1 is 1.43 bits per heavy atom. The number of piperidine rings is 1. The average molecular weight is 335 g/mol. The molecule has 0 saturated carbocycles. The monoisotopic (exact) mass is 334 g/mol. The summed E-state index contributed by atoms with van der Waals surface area (Å²) in [5.74, 6) is -1.39. The molecule has 1 heterocycles. The molecule has 1 aromatic rings. The van der Waals surface area contributed by atoms with Crippen molar-refractivity contribution in [1.29, 1.82) is 0 Å². The first-order chi connectivity index (χ1) is 9.71. The first-order valence-electron chi connectivity index (χ1n) is 6.54. The van der Waals surface area contributed by atoms with E-state index in [1.807, 2.05) is 6.92 Å². The number of sulfonamides is 1. The lowest BCUT2D eigenvalue weighted by atomic mass is 10.0. The van der Waals surface area contributed by atoms with E-state index in [4.69, 9.17) is 16.7 Å². The molecule has 1 unspecified atom stereocenters. The Balaban J connectivity index is 2.46. The van der Waals surface area contributed by atoms with Crippen LogP contribution in [-0.2, 0) is 10.0 Å². The number of likely N-dealkylation sites (tertiary alicyclic amines) is 1. The maximum atomic E-state index is 14.0. The average Bonchev–Trinajstić information content (AvgIpc) is 2.37. The summed E-state index contributed by atoms with van der Waals surface area (Å²) in [6, 6.07) is 1.71. The Hall–Kier alpha value is -1.18. The largest absolute Gasteiger partial charge is 0.336 e. The second-order valence-electron chi connectivity index (χ2n) is 5.15. The Labute approximate surface area is 127 Å². The summed E-state index contributed by atoms with van der Waals surface area (Å²) in [4.78, 5) is 13.5. The van der Waals surface area contributed by atoms with Gasteiger partial charge in [-0.3, -0.25) is 4.79 Å². The number of primary sulfonamides is 1. The molecule has 116 valence electrons. The number of amides is 1. The molecule has 0 aliphatic carbocycles. The van der Waals surface area contributed by atoms with E-state index in [-0.39, 0.29) is 16.6 Å². The van der Waals surface area contributed by atoms with Crippen molar-refractivity contribution in [3.63, 3.8) is 0 Å². The van der Waals surface area contributed by atoms with Crippen molar-refractivity contribution in [1.82, 2.24) is 4.90 Å². The van der Waals surface area contributed by atoms with E-state index in [0.717, 1.165) is 31.4 Å². The highest BCUT2D eigenvalue weighted by Crippen LogP contribution is 2.27. The van der Waals surface area contributed by atoms with Crippen molar-refractivity contribution in [2.24, 2.45) is 5.14 Å². The lowest BCUT2D eigenvalue weighted by molar-refractivity contribution is 0.0630. The third kappa shape index (κ3) is 3.36. The maximum absolute atomic E-state index is 14.0. The van der Waals surface area contributed by atoms with Gasteiger partial charge in [-0.25, -0.2) is 17.9 Å².